The van der Waals surface area contributed by atoms with Crippen molar-refractivity contribution < 1.29 is 14.6 Å². The summed E-state index contributed by atoms with van der Waals surface area (Å²) in [5.74, 6) is 2.39. The van der Waals surface area contributed by atoms with Crippen LogP contribution in [0.1, 0.15) is 38.3 Å². The van der Waals surface area contributed by atoms with Gasteiger partial charge in [0.15, 0.2) is 11.5 Å². The smallest absolute Gasteiger partial charge is 0.166 e. The lowest BCUT2D eigenvalue weighted by atomic mass is 9.91. The molecule has 1 aromatic rings. The third kappa shape index (κ3) is 2.87. The van der Waals surface area contributed by atoms with Crippen LogP contribution in [0.15, 0.2) is 18.2 Å². The predicted molar refractivity (Wildman–Crippen MR) is 81.8 cm³/mol. The van der Waals surface area contributed by atoms with Gasteiger partial charge in [0.2, 0.25) is 0 Å². The fraction of sp³-hybridized carbons (Fsp3) is 0.647. The molecule has 2 atom stereocenters. The van der Waals surface area contributed by atoms with Gasteiger partial charge < -0.3 is 14.6 Å². The molecule has 0 bridgehead atoms. The number of fused-ring (bicyclic) bond motifs is 1. The molecule has 0 saturated carbocycles. The van der Waals surface area contributed by atoms with Crippen molar-refractivity contribution in [1.29, 1.82) is 0 Å². The van der Waals surface area contributed by atoms with E-state index in [1.807, 2.05) is 19.1 Å². The molecule has 2 unspecified atom stereocenters. The van der Waals surface area contributed by atoms with Gasteiger partial charge in [0, 0.05) is 5.56 Å². The summed E-state index contributed by atoms with van der Waals surface area (Å²) in [5.41, 5.74) is 1.06. The summed E-state index contributed by atoms with van der Waals surface area (Å²) >= 11 is 0. The van der Waals surface area contributed by atoms with E-state index in [2.05, 4.69) is 17.9 Å². The van der Waals surface area contributed by atoms with E-state index < -0.39 is 6.10 Å². The van der Waals surface area contributed by atoms with Crippen LogP contribution in [0.3, 0.4) is 0 Å². The molecule has 21 heavy (non-hydrogen) atoms. The number of nitrogens with zero attached hydrogens (tertiary/aromatic N) is 1. The van der Waals surface area contributed by atoms with Gasteiger partial charge in [0.1, 0.15) is 12.7 Å². The number of para-hydroxylation sites is 1. The number of ether oxygens (including phenoxy) is 2. The third-order valence-corrected chi connectivity index (χ3v) is 4.60. The van der Waals surface area contributed by atoms with Crippen LogP contribution in [-0.2, 0) is 0 Å². The molecule has 0 radical (unpaired) electrons. The molecular formula is C17H25NO3. The number of hydrogen-bond acceptors (Lipinski definition) is 4. The number of aliphatic hydroxyl groups is 1. The standard InChI is InChI=1S/C17H25NO3/c1-3-20-15-6-4-5-13-16(14(19)11-21-17(13)15)18-9-7-12(2)8-10-18/h4-6,12,14,16,19H,3,7-11H2,1-2H3. The number of hydrogen-bond donors (Lipinski definition) is 1. The maximum absolute atomic E-state index is 10.4. The van der Waals surface area contributed by atoms with Gasteiger partial charge in [-0.1, -0.05) is 19.1 Å². The molecule has 2 aliphatic rings. The first-order valence-corrected chi connectivity index (χ1v) is 8.01. The lowest BCUT2D eigenvalue weighted by Crippen LogP contribution is -2.45. The van der Waals surface area contributed by atoms with E-state index in [-0.39, 0.29) is 6.04 Å². The first-order valence-electron chi connectivity index (χ1n) is 8.01. The lowest BCUT2D eigenvalue weighted by molar-refractivity contribution is -0.0124. The van der Waals surface area contributed by atoms with Gasteiger partial charge in [-0.2, -0.15) is 0 Å². The van der Waals surface area contributed by atoms with Crippen LogP contribution < -0.4 is 9.47 Å². The molecule has 0 amide bonds. The van der Waals surface area contributed by atoms with Crippen molar-refractivity contribution in [3.63, 3.8) is 0 Å². The topological polar surface area (TPSA) is 41.9 Å². The van der Waals surface area contributed by atoms with E-state index in [0.717, 1.165) is 36.1 Å². The SMILES string of the molecule is CCOc1cccc2c1OCC(O)C2N1CCC(C)CC1. The number of benzene rings is 1. The van der Waals surface area contributed by atoms with Gasteiger partial charge in [-0.3, -0.25) is 4.90 Å². The Morgan fingerprint density at radius 1 is 1.33 bits per heavy atom. The van der Waals surface area contributed by atoms with Crippen LogP contribution in [0.2, 0.25) is 0 Å². The zero-order valence-electron chi connectivity index (χ0n) is 12.9. The molecule has 1 N–H and O–H groups in total. The second kappa shape index (κ2) is 6.24. The van der Waals surface area contributed by atoms with E-state index in [1.165, 1.54) is 12.8 Å². The lowest BCUT2D eigenvalue weighted by Gasteiger charge is -2.42. The maximum Gasteiger partial charge on any atom is 0.166 e. The largest absolute Gasteiger partial charge is 0.490 e. The Bertz CT molecular complexity index is 483. The number of likely N-dealkylation sites (tertiary alicyclic amines) is 1. The molecule has 1 saturated heterocycles. The second-order valence-electron chi connectivity index (χ2n) is 6.15. The van der Waals surface area contributed by atoms with E-state index in [4.69, 9.17) is 9.47 Å². The van der Waals surface area contributed by atoms with Crippen molar-refractivity contribution in [3.05, 3.63) is 23.8 Å². The van der Waals surface area contributed by atoms with Crippen molar-refractivity contribution in [2.45, 2.75) is 38.8 Å². The van der Waals surface area contributed by atoms with Crippen molar-refractivity contribution in [2.75, 3.05) is 26.3 Å². The van der Waals surface area contributed by atoms with Crippen molar-refractivity contribution >= 4 is 0 Å². The van der Waals surface area contributed by atoms with Gasteiger partial charge in [-0.25, -0.2) is 0 Å². The average molecular weight is 291 g/mol. The highest BCUT2D eigenvalue weighted by atomic mass is 16.5. The molecule has 0 spiro atoms. The highest BCUT2D eigenvalue weighted by Crippen LogP contribution is 2.43. The molecule has 2 heterocycles. The Balaban J connectivity index is 1.90. The summed E-state index contributed by atoms with van der Waals surface area (Å²) in [6, 6.07) is 6.02. The highest BCUT2D eigenvalue weighted by Gasteiger charge is 2.36. The van der Waals surface area contributed by atoms with Crippen LogP contribution >= 0.6 is 0 Å². The first kappa shape index (κ1) is 14.7. The van der Waals surface area contributed by atoms with Crippen LogP contribution in [0, 0.1) is 5.92 Å². The Hall–Kier alpha value is -1.26. The second-order valence-corrected chi connectivity index (χ2v) is 6.15. The predicted octanol–water partition coefficient (Wildman–Crippen LogP) is 2.61. The maximum atomic E-state index is 10.4. The summed E-state index contributed by atoms with van der Waals surface area (Å²) < 4.78 is 11.4. The normalized spacial score (nSPS) is 27.0. The zero-order valence-corrected chi connectivity index (χ0v) is 12.9. The third-order valence-electron chi connectivity index (χ3n) is 4.60. The van der Waals surface area contributed by atoms with Crippen molar-refractivity contribution in [1.82, 2.24) is 4.90 Å². The van der Waals surface area contributed by atoms with Gasteiger partial charge in [-0.05, 0) is 44.8 Å². The van der Waals surface area contributed by atoms with Crippen LogP contribution in [-0.4, -0.2) is 42.4 Å². The molecule has 116 valence electrons. The Labute approximate surface area is 126 Å². The van der Waals surface area contributed by atoms with Crippen molar-refractivity contribution in [3.8, 4) is 11.5 Å². The van der Waals surface area contributed by atoms with E-state index in [0.29, 0.717) is 13.2 Å². The Kier molecular flexibility index (Phi) is 4.36. The minimum atomic E-state index is -0.470. The molecule has 1 aromatic carbocycles. The summed E-state index contributed by atoms with van der Waals surface area (Å²) in [7, 11) is 0. The monoisotopic (exact) mass is 291 g/mol. The molecule has 0 aliphatic carbocycles. The van der Waals surface area contributed by atoms with Crippen LogP contribution in [0.4, 0.5) is 0 Å². The molecule has 2 aliphatic heterocycles. The molecular weight excluding hydrogens is 266 g/mol. The summed E-state index contributed by atoms with van der Waals surface area (Å²) in [5, 5.41) is 10.4. The number of aliphatic hydroxyl groups excluding tert-OH is 1. The summed E-state index contributed by atoms with van der Waals surface area (Å²) in [6.07, 6.45) is 1.93. The fourth-order valence-corrected chi connectivity index (χ4v) is 3.40. The van der Waals surface area contributed by atoms with Crippen molar-refractivity contribution in [2.24, 2.45) is 5.92 Å². The Morgan fingerprint density at radius 3 is 2.81 bits per heavy atom. The molecule has 4 nitrogen and oxygen atoms in total. The highest BCUT2D eigenvalue weighted by molar-refractivity contribution is 5.49. The molecule has 1 fully saturated rings. The van der Waals surface area contributed by atoms with E-state index >= 15 is 0 Å². The Morgan fingerprint density at radius 2 is 2.10 bits per heavy atom. The zero-order chi connectivity index (χ0) is 14.8. The quantitative estimate of drug-likeness (QED) is 0.929. The van der Waals surface area contributed by atoms with Gasteiger partial charge in [0.25, 0.3) is 0 Å². The number of rotatable bonds is 3. The van der Waals surface area contributed by atoms with Gasteiger partial charge in [-0.15, -0.1) is 0 Å². The fourth-order valence-electron chi connectivity index (χ4n) is 3.40. The minimum absolute atomic E-state index is 0.0293. The van der Waals surface area contributed by atoms with Gasteiger partial charge >= 0.3 is 0 Å². The van der Waals surface area contributed by atoms with Crippen LogP contribution in [0.25, 0.3) is 0 Å². The van der Waals surface area contributed by atoms with Crippen LogP contribution in [0.5, 0.6) is 11.5 Å². The van der Waals surface area contributed by atoms with Gasteiger partial charge in [0.05, 0.1) is 12.6 Å². The summed E-state index contributed by atoms with van der Waals surface area (Å²) in [4.78, 5) is 2.40. The molecule has 3 rings (SSSR count). The minimum Gasteiger partial charge on any atom is -0.490 e. The summed E-state index contributed by atoms with van der Waals surface area (Å²) in [6.45, 7) is 7.32. The number of piperidine rings is 1. The van der Waals surface area contributed by atoms with E-state index in [9.17, 15) is 5.11 Å². The van der Waals surface area contributed by atoms with E-state index in [1.54, 1.807) is 0 Å². The molecule has 4 heteroatoms. The average Bonchev–Trinajstić information content (AvgIpc) is 2.49. The first-order chi connectivity index (χ1) is 10.2. The molecule has 0 aromatic heterocycles.